The highest BCUT2D eigenvalue weighted by Gasteiger charge is 2.28. The van der Waals surface area contributed by atoms with Crippen molar-refractivity contribution in [1.82, 2.24) is 5.32 Å². The standard InChI is InChI=1S/C13H17NO/c1-2-12(10-6-4-3-5-7-10)11-8-13(15)14-9-11/h3-7,11-12H,2,8-9H2,1H3,(H,14,15). The number of hydrogen-bond acceptors (Lipinski definition) is 1. The average molecular weight is 203 g/mol. The minimum atomic E-state index is 0.203. The Morgan fingerprint density at radius 3 is 2.67 bits per heavy atom. The second-order valence-corrected chi connectivity index (χ2v) is 4.19. The van der Waals surface area contributed by atoms with Gasteiger partial charge in [0.25, 0.3) is 0 Å². The molecule has 0 aromatic heterocycles. The summed E-state index contributed by atoms with van der Waals surface area (Å²) in [5, 5.41) is 2.92. The van der Waals surface area contributed by atoms with Crippen LogP contribution in [0.3, 0.4) is 0 Å². The molecule has 1 N–H and O–H groups in total. The molecule has 0 spiro atoms. The SMILES string of the molecule is CCC(c1ccccc1)C1CNC(=O)C1. The fourth-order valence-electron chi connectivity index (χ4n) is 2.45. The van der Waals surface area contributed by atoms with Crippen LogP contribution in [0.25, 0.3) is 0 Å². The molecule has 1 aliphatic rings. The third-order valence-corrected chi connectivity index (χ3v) is 3.25. The Balaban J connectivity index is 2.14. The van der Waals surface area contributed by atoms with E-state index in [9.17, 15) is 4.79 Å². The summed E-state index contributed by atoms with van der Waals surface area (Å²) in [4.78, 5) is 11.2. The van der Waals surface area contributed by atoms with E-state index >= 15 is 0 Å². The van der Waals surface area contributed by atoms with Gasteiger partial charge in [0.1, 0.15) is 0 Å². The molecule has 2 atom stereocenters. The number of amides is 1. The number of carbonyl (C=O) groups is 1. The van der Waals surface area contributed by atoms with Crippen molar-refractivity contribution in [3.8, 4) is 0 Å². The number of benzene rings is 1. The van der Waals surface area contributed by atoms with Gasteiger partial charge in [0.2, 0.25) is 5.91 Å². The van der Waals surface area contributed by atoms with Crippen molar-refractivity contribution in [2.75, 3.05) is 6.54 Å². The van der Waals surface area contributed by atoms with Gasteiger partial charge in [-0.1, -0.05) is 37.3 Å². The highest BCUT2D eigenvalue weighted by Crippen LogP contribution is 2.31. The van der Waals surface area contributed by atoms with Crippen LogP contribution in [0.5, 0.6) is 0 Å². The quantitative estimate of drug-likeness (QED) is 0.802. The van der Waals surface area contributed by atoms with Crippen molar-refractivity contribution in [3.63, 3.8) is 0 Å². The first-order chi connectivity index (χ1) is 7.31. The number of carbonyl (C=O) groups excluding carboxylic acids is 1. The molecule has 1 heterocycles. The second kappa shape index (κ2) is 4.47. The van der Waals surface area contributed by atoms with Crippen molar-refractivity contribution in [2.24, 2.45) is 5.92 Å². The van der Waals surface area contributed by atoms with E-state index in [4.69, 9.17) is 0 Å². The third-order valence-electron chi connectivity index (χ3n) is 3.25. The molecule has 15 heavy (non-hydrogen) atoms. The number of rotatable bonds is 3. The number of hydrogen-bond donors (Lipinski definition) is 1. The minimum Gasteiger partial charge on any atom is -0.356 e. The van der Waals surface area contributed by atoms with Gasteiger partial charge in [-0.3, -0.25) is 4.79 Å². The Kier molecular flexibility index (Phi) is 3.05. The first kappa shape index (κ1) is 10.2. The molecular weight excluding hydrogens is 186 g/mol. The van der Waals surface area contributed by atoms with E-state index in [2.05, 4.69) is 36.5 Å². The molecule has 1 saturated heterocycles. The maximum absolute atomic E-state index is 11.2. The lowest BCUT2D eigenvalue weighted by Crippen LogP contribution is -2.17. The van der Waals surface area contributed by atoms with E-state index < -0.39 is 0 Å². The summed E-state index contributed by atoms with van der Waals surface area (Å²) in [7, 11) is 0. The van der Waals surface area contributed by atoms with Crippen LogP contribution in [-0.2, 0) is 4.79 Å². The molecule has 2 heteroatoms. The smallest absolute Gasteiger partial charge is 0.220 e. The summed E-state index contributed by atoms with van der Waals surface area (Å²) in [6, 6.07) is 10.5. The topological polar surface area (TPSA) is 29.1 Å². The third kappa shape index (κ3) is 2.20. The average Bonchev–Trinajstić information content (AvgIpc) is 2.68. The predicted octanol–water partition coefficient (Wildman–Crippen LogP) is 2.32. The lowest BCUT2D eigenvalue weighted by Gasteiger charge is -2.20. The van der Waals surface area contributed by atoms with Gasteiger partial charge >= 0.3 is 0 Å². The van der Waals surface area contributed by atoms with Crippen LogP contribution in [-0.4, -0.2) is 12.5 Å². The largest absolute Gasteiger partial charge is 0.356 e. The minimum absolute atomic E-state index is 0.203. The molecule has 0 saturated carbocycles. The molecule has 2 unspecified atom stereocenters. The van der Waals surface area contributed by atoms with Crippen LogP contribution in [0, 0.1) is 5.92 Å². The Morgan fingerprint density at radius 2 is 2.13 bits per heavy atom. The van der Waals surface area contributed by atoms with Crippen molar-refractivity contribution in [3.05, 3.63) is 35.9 Å². The van der Waals surface area contributed by atoms with Gasteiger partial charge in [0, 0.05) is 13.0 Å². The molecule has 1 aromatic rings. The number of nitrogens with one attached hydrogen (secondary N) is 1. The van der Waals surface area contributed by atoms with E-state index in [1.54, 1.807) is 0 Å². The monoisotopic (exact) mass is 203 g/mol. The molecule has 80 valence electrons. The molecule has 0 bridgehead atoms. The van der Waals surface area contributed by atoms with Crippen molar-refractivity contribution in [2.45, 2.75) is 25.7 Å². The van der Waals surface area contributed by atoms with Gasteiger partial charge in [-0.2, -0.15) is 0 Å². The molecule has 2 nitrogen and oxygen atoms in total. The maximum Gasteiger partial charge on any atom is 0.220 e. The summed E-state index contributed by atoms with van der Waals surface area (Å²) in [6.45, 7) is 3.03. The molecular formula is C13H17NO. The summed E-state index contributed by atoms with van der Waals surface area (Å²) < 4.78 is 0. The van der Waals surface area contributed by atoms with Crippen LogP contribution in [0.15, 0.2) is 30.3 Å². The summed E-state index contributed by atoms with van der Waals surface area (Å²) in [6.07, 6.45) is 1.79. The van der Waals surface area contributed by atoms with Crippen LogP contribution in [0.4, 0.5) is 0 Å². The molecule has 0 aliphatic carbocycles. The summed E-state index contributed by atoms with van der Waals surface area (Å²) in [5.74, 6) is 1.20. The Morgan fingerprint density at radius 1 is 1.40 bits per heavy atom. The second-order valence-electron chi connectivity index (χ2n) is 4.19. The van der Waals surface area contributed by atoms with E-state index in [1.807, 2.05) is 6.07 Å². The molecule has 1 fully saturated rings. The van der Waals surface area contributed by atoms with Gasteiger partial charge in [-0.25, -0.2) is 0 Å². The van der Waals surface area contributed by atoms with Gasteiger partial charge in [0.15, 0.2) is 0 Å². The van der Waals surface area contributed by atoms with Crippen LogP contribution in [0.2, 0.25) is 0 Å². The van der Waals surface area contributed by atoms with Crippen molar-refractivity contribution >= 4 is 5.91 Å². The Bertz CT molecular complexity index is 334. The van der Waals surface area contributed by atoms with E-state index in [1.165, 1.54) is 5.56 Å². The van der Waals surface area contributed by atoms with Crippen LogP contribution >= 0.6 is 0 Å². The van der Waals surface area contributed by atoms with E-state index in [0.717, 1.165) is 13.0 Å². The highest BCUT2D eigenvalue weighted by molar-refractivity contribution is 5.78. The summed E-state index contributed by atoms with van der Waals surface area (Å²) in [5.41, 5.74) is 1.36. The zero-order chi connectivity index (χ0) is 10.7. The van der Waals surface area contributed by atoms with Crippen molar-refractivity contribution in [1.29, 1.82) is 0 Å². The normalized spacial score (nSPS) is 22.5. The fraction of sp³-hybridized carbons (Fsp3) is 0.462. The zero-order valence-electron chi connectivity index (χ0n) is 9.07. The molecule has 0 radical (unpaired) electrons. The van der Waals surface area contributed by atoms with Gasteiger partial charge < -0.3 is 5.32 Å². The first-order valence-electron chi connectivity index (χ1n) is 5.63. The lowest BCUT2D eigenvalue weighted by atomic mass is 9.83. The zero-order valence-corrected chi connectivity index (χ0v) is 9.07. The molecule has 1 aliphatic heterocycles. The fourth-order valence-corrected chi connectivity index (χ4v) is 2.45. The summed E-state index contributed by atoms with van der Waals surface area (Å²) >= 11 is 0. The molecule has 2 rings (SSSR count). The van der Waals surface area contributed by atoms with Gasteiger partial charge in [-0.05, 0) is 23.8 Å². The van der Waals surface area contributed by atoms with Gasteiger partial charge in [-0.15, -0.1) is 0 Å². The first-order valence-corrected chi connectivity index (χ1v) is 5.63. The predicted molar refractivity (Wildman–Crippen MR) is 60.6 cm³/mol. The maximum atomic E-state index is 11.2. The Hall–Kier alpha value is -1.31. The van der Waals surface area contributed by atoms with E-state index in [0.29, 0.717) is 18.3 Å². The van der Waals surface area contributed by atoms with Crippen molar-refractivity contribution < 1.29 is 4.79 Å². The van der Waals surface area contributed by atoms with E-state index in [-0.39, 0.29) is 5.91 Å². The Labute approximate surface area is 90.7 Å². The molecule has 1 aromatic carbocycles. The van der Waals surface area contributed by atoms with Crippen LogP contribution in [0.1, 0.15) is 31.2 Å². The lowest BCUT2D eigenvalue weighted by molar-refractivity contribution is -0.119. The molecule has 1 amide bonds. The van der Waals surface area contributed by atoms with Crippen LogP contribution < -0.4 is 5.32 Å². The highest BCUT2D eigenvalue weighted by atomic mass is 16.1. The van der Waals surface area contributed by atoms with Gasteiger partial charge in [0.05, 0.1) is 0 Å².